The molecule has 1 saturated heterocycles. The van der Waals surface area contributed by atoms with E-state index in [0.29, 0.717) is 38.3 Å². The van der Waals surface area contributed by atoms with Crippen molar-refractivity contribution in [2.24, 2.45) is 5.73 Å². The molecule has 2 heterocycles. The Labute approximate surface area is 264 Å². The van der Waals surface area contributed by atoms with Gasteiger partial charge in [-0.15, -0.1) is 11.3 Å². The molecule has 0 unspecified atom stereocenters. The number of hydrogen-bond acceptors (Lipinski definition) is 6. The van der Waals surface area contributed by atoms with Crippen molar-refractivity contribution in [3.63, 3.8) is 0 Å². The van der Waals surface area contributed by atoms with Gasteiger partial charge in [-0.3, -0.25) is 0 Å². The second-order valence-electron chi connectivity index (χ2n) is 14.4. The number of aromatic nitrogens is 1. The van der Waals surface area contributed by atoms with Crippen LogP contribution >= 0.6 is 11.3 Å². The highest BCUT2D eigenvalue weighted by molar-refractivity contribution is 7.10. The Hall–Kier alpha value is -3.68. The lowest BCUT2D eigenvalue weighted by Crippen LogP contribution is -2.50. The number of aromatic hydroxyl groups is 1. The average molecular weight is 610 g/mol. The molecule has 0 atom stereocenters. The molecular weight excluding hydrogens is 566 g/mol. The van der Waals surface area contributed by atoms with Crippen LogP contribution in [0.3, 0.4) is 0 Å². The molecule has 2 aliphatic rings. The van der Waals surface area contributed by atoms with E-state index in [1.165, 1.54) is 22.3 Å². The Morgan fingerprint density at radius 3 is 2.00 bits per heavy atom. The Morgan fingerprint density at radius 1 is 0.955 bits per heavy atom. The second-order valence-corrected chi connectivity index (χ2v) is 15.3. The minimum Gasteiger partial charge on any atom is -0.507 e. The molecule has 1 amide bonds. The van der Waals surface area contributed by atoms with E-state index in [2.05, 4.69) is 95.5 Å². The van der Waals surface area contributed by atoms with Crippen LogP contribution in [-0.2, 0) is 21.1 Å². The molecule has 44 heavy (non-hydrogen) atoms. The minimum absolute atomic E-state index is 0.0379. The van der Waals surface area contributed by atoms with Gasteiger partial charge >= 0.3 is 6.09 Å². The normalized spacial score (nSPS) is 16.5. The van der Waals surface area contributed by atoms with Gasteiger partial charge in [0.15, 0.2) is 0 Å². The Kier molecular flexibility index (Phi) is 7.61. The van der Waals surface area contributed by atoms with Gasteiger partial charge in [0, 0.05) is 41.1 Å². The van der Waals surface area contributed by atoms with Crippen molar-refractivity contribution in [1.29, 1.82) is 0 Å². The van der Waals surface area contributed by atoms with Gasteiger partial charge in [0.2, 0.25) is 0 Å². The number of thiazole rings is 1. The molecule has 4 aromatic rings. The number of carbonyl (C=O) groups is 1. The lowest BCUT2D eigenvalue weighted by atomic mass is 9.78. The Morgan fingerprint density at radius 2 is 1.48 bits per heavy atom. The summed E-state index contributed by atoms with van der Waals surface area (Å²) < 4.78 is 5.91. The molecule has 230 valence electrons. The summed E-state index contributed by atoms with van der Waals surface area (Å²) in [6, 6.07) is 20.9. The van der Waals surface area contributed by atoms with E-state index in [1.807, 2.05) is 12.1 Å². The summed E-state index contributed by atoms with van der Waals surface area (Å²) in [6.45, 7) is 14.0. The summed E-state index contributed by atoms with van der Waals surface area (Å²) in [4.78, 5) is 20.0. The van der Waals surface area contributed by atoms with Gasteiger partial charge in [0.05, 0.1) is 11.2 Å². The second kappa shape index (κ2) is 11.0. The molecule has 7 heteroatoms. The van der Waals surface area contributed by atoms with E-state index in [-0.39, 0.29) is 22.8 Å². The van der Waals surface area contributed by atoms with E-state index in [1.54, 1.807) is 16.2 Å². The lowest BCUT2D eigenvalue weighted by Gasteiger charge is -2.37. The first-order chi connectivity index (χ1) is 20.8. The fraction of sp³-hybridized carbons (Fsp3) is 0.405. The van der Waals surface area contributed by atoms with Crippen LogP contribution in [0.15, 0.2) is 66.0 Å². The lowest BCUT2D eigenvalue weighted by molar-refractivity contribution is 0.0810. The van der Waals surface area contributed by atoms with Crippen molar-refractivity contribution >= 4 is 17.4 Å². The molecule has 1 aliphatic heterocycles. The van der Waals surface area contributed by atoms with E-state index in [4.69, 9.17) is 15.5 Å². The molecule has 0 saturated carbocycles. The molecule has 3 N–H and O–H groups in total. The zero-order valence-electron chi connectivity index (χ0n) is 26.6. The van der Waals surface area contributed by atoms with E-state index in [0.717, 1.165) is 27.4 Å². The van der Waals surface area contributed by atoms with Crippen LogP contribution in [0.5, 0.6) is 5.75 Å². The van der Waals surface area contributed by atoms with E-state index >= 15 is 0 Å². The monoisotopic (exact) mass is 609 g/mol. The third-order valence-electron chi connectivity index (χ3n) is 9.20. The number of ether oxygens (including phenoxy) is 1. The number of phenolic OH excluding ortho intramolecular Hbond substituents is 1. The van der Waals surface area contributed by atoms with Crippen LogP contribution in [0.1, 0.15) is 87.6 Å². The summed E-state index contributed by atoms with van der Waals surface area (Å²) in [5.74, 6) is 0.399. The summed E-state index contributed by atoms with van der Waals surface area (Å²) >= 11 is 1.57. The standard InChI is InChI=1S/C37H43N3O3S/c1-35(2,3)29-19-23(20-30(32(29)41)36(4,5)6)31-22-44-33(39-31)37(38)15-17-40(18-16-37)34(42)43-21-28-26-13-9-7-11-24(26)25-12-8-10-14-27(25)28/h7-14,19-20,22,28,41H,15-18,21,38H2,1-6H3. The highest BCUT2D eigenvalue weighted by Gasteiger charge is 2.38. The molecule has 0 radical (unpaired) electrons. The highest BCUT2D eigenvalue weighted by atomic mass is 32.1. The van der Waals surface area contributed by atoms with Crippen molar-refractivity contribution in [2.45, 2.75) is 76.7 Å². The van der Waals surface area contributed by atoms with Gasteiger partial charge < -0.3 is 20.5 Å². The zero-order valence-corrected chi connectivity index (χ0v) is 27.4. The quantitative estimate of drug-likeness (QED) is 0.243. The fourth-order valence-corrected chi connectivity index (χ4v) is 7.55. The number of phenols is 1. The zero-order chi connectivity index (χ0) is 31.4. The van der Waals surface area contributed by atoms with Crippen molar-refractivity contribution < 1.29 is 14.6 Å². The number of likely N-dealkylation sites (tertiary alicyclic amines) is 1. The van der Waals surface area contributed by atoms with Gasteiger partial charge in [-0.25, -0.2) is 9.78 Å². The smallest absolute Gasteiger partial charge is 0.409 e. The molecule has 6 rings (SSSR count). The maximum Gasteiger partial charge on any atom is 0.409 e. The molecular formula is C37H43N3O3S. The van der Waals surface area contributed by atoms with Crippen LogP contribution in [0.2, 0.25) is 0 Å². The van der Waals surface area contributed by atoms with Gasteiger partial charge in [0.1, 0.15) is 17.4 Å². The van der Waals surface area contributed by atoms with Crippen molar-refractivity contribution in [3.8, 4) is 28.1 Å². The predicted octanol–water partition coefficient (Wildman–Crippen LogP) is 8.31. The summed E-state index contributed by atoms with van der Waals surface area (Å²) in [5, 5.41) is 14.1. The predicted molar refractivity (Wildman–Crippen MR) is 178 cm³/mol. The first kappa shape index (κ1) is 30.4. The van der Waals surface area contributed by atoms with Crippen molar-refractivity contribution in [2.75, 3.05) is 19.7 Å². The molecule has 1 fully saturated rings. The third-order valence-corrected chi connectivity index (χ3v) is 10.3. The van der Waals surface area contributed by atoms with Crippen LogP contribution in [0.4, 0.5) is 4.79 Å². The number of rotatable bonds is 4. The number of nitrogens with zero attached hydrogens (tertiary/aromatic N) is 2. The SMILES string of the molecule is CC(C)(C)c1cc(-c2csc(C3(N)CCN(C(=O)OCC4c5ccccc5-c5ccccc54)CC3)n2)cc(C(C)(C)C)c1O. The highest BCUT2D eigenvalue weighted by Crippen LogP contribution is 2.45. The third kappa shape index (κ3) is 5.52. The maximum absolute atomic E-state index is 13.2. The van der Waals surface area contributed by atoms with Crippen molar-refractivity contribution in [3.05, 3.63) is 93.3 Å². The molecule has 0 bridgehead atoms. The van der Waals surface area contributed by atoms with Gasteiger partial charge in [-0.05, 0) is 58.1 Å². The Bertz CT molecular complexity index is 1620. The molecule has 1 aliphatic carbocycles. The minimum atomic E-state index is -0.611. The number of benzene rings is 3. The van der Waals surface area contributed by atoms with Crippen molar-refractivity contribution in [1.82, 2.24) is 9.88 Å². The van der Waals surface area contributed by atoms with E-state index < -0.39 is 5.54 Å². The first-order valence-electron chi connectivity index (χ1n) is 15.5. The summed E-state index contributed by atoms with van der Waals surface area (Å²) in [7, 11) is 0. The Balaban J connectivity index is 1.14. The largest absolute Gasteiger partial charge is 0.507 e. The van der Waals surface area contributed by atoms with Crippen LogP contribution < -0.4 is 5.73 Å². The number of amides is 1. The van der Waals surface area contributed by atoms with Crippen LogP contribution in [0.25, 0.3) is 22.4 Å². The van der Waals surface area contributed by atoms with Gasteiger partial charge in [0.25, 0.3) is 0 Å². The average Bonchev–Trinajstić information content (AvgIpc) is 3.60. The molecule has 6 nitrogen and oxygen atoms in total. The van der Waals surface area contributed by atoms with Gasteiger partial charge in [-0.1, -0.05) is 90.1 Å². The van der Waals surface area contributed by atoms with Crippen LogP contribution in [-0.4, -0.2) is 40.8 Å². The number of piperidine rings is 1. The molecule has 0 spiro atoms. The number of carbonyl (C=O) groups excluding carboxylic acids is 1. The topological polar surface area (TPSA) is 88.7 Å². The maximum atomic E-state index is 13.2. The number of nitrogens with two attached hydrogens (primary N) is 1. The van der Waals surface area contributed by atoms with Gasteiger partial charge in [-0.2, -0.15) is 0 Å². The fourth-order valence-electron chi connectivity index (χ4n) is 6.55. The number of hydrogen-bond donors (Lipinski definition) is 2. The first-order valence-corrected chi connectivity index (χ1v) is 16.4. The van der Waals surface area contributed by atoms with E-state index in [9.17, 15) is 9.90 Å². The number of fused-ring (bicyclic) bond motifs is 3. The molecule has 1 aromatic heterocycles. The van der Waals surface area contributed by atoms with Crippen LogP contribution in [0, 0.1) is 0 Å². The summed E-state index contributed by atoms with van der Waals surface area (Å²) in [5.41, 5.74) is 14.4. The molecule has 3 aromatic carbocycles. The summed E-state index contributed by atoms with van der Waals surface area (Å²) in [6.07, 6.45) is 0.933.